The number of fused-ring (bicyclic) bond motifs is 1. The zero-order chi connectivity index (χ0) is 20.1. The van der Waals surface area contributed by atoms with Crippen LogP contribution >= 0.6 is 0 Å². The van der Waals surface area contributed by atoms with Gasteiger partial charge in [-0.15, -0.1) is 0 Å². The molecule has 2 amide bonds. The van der Waals surface area contributed by atoms with Gasteiger partial charge in [0, 0.05) is 31.0 Å². The fraction of sp³-hybridized carbons (Fsp3) is 0.174. The highest BCUT2D eigenvalue weighted by Gasteiger charge is 2.25. The number of nitrogens with zero attached hydrogens (tertiary/aromatic N) is 2. The third-order valence-electron chi connectivity index (χ3n) is 4.82. The smallest absolute Gasteiger partial charge is 0.313 e. The van der Waals surface area contributed by atoms with Crippen molar-refractivity contribution >= 4 is 17.5 Å². The zero-order valence-electron chi connectivity index (χ0n) is 15.9. The largest absolute Gasteiger partial charge is 0.487 e. The number of carbonyl (C=O) groups excluding carboxylic acids is 2. The van der Waals surface area contributed by atoms with Gasteiger partial charge in [0.15, 0.2) is 0 Å². The molecular formula is C23H21N3O3. The molecular weight excluding hydrogens is 366 g/mol. The van der Waals surface area contributed by atoms with E-state index in [2.05, 4.69) is 16.4 Å². The summed E-state index contributed by atoms with van der Waals surface area (Å²) in [5.41, 5.74) is 3.64. The first-order valence-corrected chi connectivity index (χ1v) is 9.49. The molecule has 6 heteroatoms. The van der Waals surface area contributed by atoms with Crippen LogP contribution in [0.1, 0.15) is 16.8 Å². The summed E-state index contributed by atoms with van der Waals surface area (Å²) >= 11 is 0. The van der Waals surface area contributed by atoms with Crippen LogP contribution in [-0.4, -0.2) is 28.2 Å². The van der Waals surface area contributed by atoms with Crippen molar-refractivity contribution in [1.82, 2.24) is 9.88 Å². The van der Waals surface area contributed by atoms with Crippen molar-refractivity contribution in [1.29, 1.82) is 0 Å². The van der Waals surface area contributed by atoms with Crippen LogP contribution in [0.2, 0.25) is 0 Å². The maximum Gasteiger partial charge on any atom is 0.313 e. The Morgan fingerprint density at radius 2 is 1.83 bits per heavy atom. The van der Waals surface area contributed by atoms with Crippen LogP contribution in [0.25, 0.3) is 0 Å². The number of aromatic nitrogens is 1. The molecule has 0 saturated carbocycles. The Kier molecular flexibility index (Phi) is 5.52. The predicted octanol–water partition coefficient (Wildman–Crippen LogP) is 3.18. The molecule has 3 aromatic rings. The van der Waals surface area contributed by atoms with Gasteiger partial charge < -0.3 is 15.0 Å². The van der Waals surface area contributed by atoms with Crippen molar-refractivity contribution < 1.29 is 14.3 Å². The number of amides is 2. The van der Waals surface area contributed by atoms with Crippen LogP contribution < -0.4 is 10.1 Å². The maximum absolute atomic E-state index is 12.6. The van der Waals surface area contributed by atoms with Gasteiger partial charge in [-0.25, -0.2) is 0 Å². The second kappa shape index (κ2) is 8.56. The minimum Gasteiger partial charge on any atom is -0.487 e. The molecule has 146 valence electrons. The molecule has 1 N–H and O–H groups in total. The number of nitrogens with one attached hydrogen (secondary N) is 1. The van der Waals surface area contributed by atoms with Gasteiger partial charge in [0.1, 0.15) is 12.4 Å². The van der Waals surface area contributed by atoms with E-state index < -0.39 is 11.8 Å². The van der Waals surface area contributed by atoms with Crippen LogP contribution in [0.3, 0.4) is 0 Å². The lowest BCUT2D eigenvalue weighted by molar-refractivity contribution is -0.143. The highest BCUT2D eigenvalue weighted by Crippen LogP contribution is 2.20. The van der Waals surface area contributed by atoms with Gasteiger partial charge >= 0.3 is 11.8 Å². The summed E-state index contributed by atoms with van der Waals surface area (Å²) in [6.07, 6.45) is 2.46. The van der Waals surface area contributed by atoms with Crippen LogP contribution in [-0.2, 0) is 29.2 Å². The molecule has 1 aromatic heterocycles. The molecule has 0 bridgehead atoms. The number of pyridine rings is 1. The molecule has 0 unspecified atom stereocenters. The minimum atomic E-state index is -0.647. The Balaban J connectivity index is 1.36. The predicted molar refractivity (Wildman–Crippen MR) is 109 cm³/mol. The third kappa shape index (κ3) is 4.60. The van der Waals surface area contributed by atoms with Gasteiger partial charge in [-0.2, -0.15) is 0 Å². The average molecular weight is 387 g/mol. The summed E-state index contributed by atoms with van der Waals surface area (Å²) in [7, 11) is 0. The molecule has 0 radical (unpaired) electrons. The molecule has 1 aliphatic rings. The normalized spacial score (nSPS) is 12.8. The second-order valence-electron chi connectivity index (χ2n) is 6.84. The Morgan fingerprint density at radius 1 is 1.00 bits per heavy atom. The number of hydrogen-bond acceptors (Lipinski definition) is 4. The van der Waals surface area contributed by atoms with Gasteiger partial charge in [-0.05, 0) is 41.8 Å². The van der Waals surface area contributed by atoms with Crippen LogP contribution in [0.15, 0.2) is 72.9 Å². The molecule has 0 atom stereocenters. The minimum absolute atomic E-state index is 0.324. The summed E-state index contributed by atoms with van der Waals surface area (Å²) in [6.45, 7) is 1.32. The summed E-state index contributed by atoms with van der Waals surface area (Å²) in [4.78, 5) is 30.8. The molecule has 0 saturated heterocycles. The molecule has 1 aliphatic heterocycles. The van der Waals surface area contributed by atoms with Gasteiger partial charge in [-0.1, -0.05) is 36.4 Å². The zero-order valence-corrected chi connectivity index (χ0v) is 15.9. The number of carbonyl (C=O) groups is 2. The second-order valence-corrected chi connectivity index (χ2v) is 6.84. The SMILES string of the molecule is O=C(Nc1cccc(OCc2ccccn2)c1)C(=O)N1CCc2ccccc2C1. The Hall–Kier alpha value is -3.67. The van der Waals surface area contributed by atoms with E-state index in [-0.39, 0.29) is 0 Å². The molecule has 0 fully saturated rings. The van der Waals surface area contributed by atoms with Gasteiger partial charge in [0.2, 0.25) is 0 Å². The van der Waals surface area contributed by atoms with Crippen LogP contribution in [0.4, 0.5) is 5.69 Å². The first-order valence-electron chi connectivity index (χ1n) is 9.49. The Labute approximate surface area is 169 Å². The fourth-order valence-electron chi connectivity index (χ4n) is 3.30. The van der Waals surface area contributed by atoms with E-state index >= 15 is 0 Å². The van der Waals surface area contributed by atoms with Crippen molar-refractivity contribution in [2.75, 3.05) is 11.9 Å². The van der Waals surface area contributed by atoms with Crippen LogP contribution in [0, 0.1) is 0 Å². The number of anilines is 1. The monoisotopic (exact) mass is 387 g/mol. The van der Waals surface area contributed by atoms with E-state index in [1.54, 1.807) is 35.4 Å². The van der Waals surface area contributed by atoms with Crippen molar-refractivity contribution in [3.63, 3.8) is 0 Å². The van der Waals surface area contributed by atoms with Gasteiger partial charge in [0.25, 0.3) is 0 Å². The summed E-state index contributed by atoms with van der Waals surface area (Å²) < 4.78 is 5.72. The highest BCUT2D eigenvalue weighted by molar-refractivity contribution is 6.39. The lowest BCUT2D eigenvalue weighted by Gasteiger charge is -2.28. The molecule has 4 rings (SSSR count). The summed E-state index contributed by atoms with van der Waals surface area (Å²) in [6, 6.07) is 20.6. The highest BCUT2D eigenvalue weighted by atomic mass is 16.5. The first kappa shape index (κ1) is 18.7. The van der Waals surface area contributed by atoms with Crippen LogP contribution in [0.5, 0.6) is 5.75 Å². The summed E-state index contributed by atoms with van der Waals surface area (Å²) in [5, 5.41) is 2.68. The average Bonchev–Trinajstić information content (AvgIpc) is 2.78. The lowest BCUT2D eigenvalue weighted by atomic mass is 10.00. The van der Waals surface area contributed by atoms with Gasteiger partial charge in [0.05, 0.1) is 5.69 Å². The quantitative estimate of drug-likeness (QED) is 0.698. The number of hydrogen-bond donors (Lipinski definition) is 1. The Bertz CT molecular complexity index is 1020. The Morgan fingerprint density at radius 3 is 2.66 bits per heavy atom. The number of benzene rings is 2. The van der Waals surface area contributed by atoms with Crippen molar-refractivity contribution in [2.24, 2.45) is 0 Å². The van der Waals surface area contributed by atoms with E-state index in [1.165, 1.54) is 5.56 Å². The summed E-state index contributed by atoms with van der Waals surface area (Å²) in [5.74, 6) is -0.585. The number of ether oxygens (including phenoxy) is 1. The first-order chi connectivity index (χ1) is 14.2. The molecule has 0 spiro atoms. The molecule has 2 heterocycles. The van der Waals surface area contributed by atoms with E-state index in [0.29, 0.717) is 31.1 Å². The third-order valence-corrected chi connectivity index (χ3v) is 4.82. The molecule has 0 aliphatic carbocycles. The van der Waals surface area contributed by atoms with Gasteiger partial charge in [-0.3, -0.25) is 14.6 Å². The van der Waals surface area contributed by atoms with E-state index in [1.807, 2.05) is 36.4 Å². The maximum atomic E-state index is 12.6. The van der Waals surface area contributed by atoms with E-state index in [0.717, 1.165) is 17.7 Å². The van der Waals surface area contributed by atoms with Crippen molar-refractivity contribution in [2.45, 2.75) is 19.6 Å². The van der Waals surface area contributed by atoms with E-state index in [4.69, 9.17) is 4.74 Å². The standard InChI is InChI=1S/C23H21N3O3/c27-22(23(28)26-13-11-17-6-1-2-7-18(17)15-26)25-19-9-5-10-21(14-19)29-16-20-8-3-4-12-24-20/h1-10,12,14H,11,13,15-16H2,(H,25,27). The molecule has 29 heavy (non-hydrogen) atoms. The molecule has 6 nitrogen and oxygen atoms in total. The molecule has 2 aromatic carbocycles. The topological polar surface area (TPSA) is 71.5 Å². The number of rotatable bonds is 4. The van der Waals surface area contributed by atoms with E-state index in [9.17, 15) is 9.59 Å². The van der Waals surface area contributed by atoms with Crippen molar-refractivity contribution in [3.8, 4) is 5.75 Å². The fourth-order valence-corrected chi connectivity index (χ4v) is 3.30. The van der Waals surface area contributed by atoms with Crippen molar-refractivity contribution in [3.05, 3.63) is 89.7 Å². The lowest BCUT2D eigenvalue weighted by Crippen LogP contribution is -2.42.